The SMILES string of the molecule is C=CCn1c(S[C@H](C)C(=O)N2CCCC2)nc2sc3c(c2c1=O)CC[C@H](C)C3. The maximum absolute atomic E-state index is 13.3. The third-order valence-electron chi connectivity index (χ3n) is 5.74. The summed E-state index contributed by atoms with van der Waals surface area (Å²) in [6, 6.07) is 0. The number of likely N-dealkylation sites (tertiary alicyclic amines) is 1. The number of aromatic nitrogens is 2. The number of carbonyl (C=O) groups is 1. The normalized spacial score (nSPS) is 20.4. The average molecular weight is 418 g/mol. The zero-order valence-corrected chi connectivity index (χ0v) is 18.2. The number of fused-ring (bicyclic) bond motifs is 3. The summed E-state index contributed by atoms with van der Waals surface area (Å²) < 4.78 is 1.69. The molecule has 1 aliphatic carbocycles. The van der Waals surface area contributed by atoms with Crippen molar-refractivity contribution in [3.05, 3.63) is 33.4 Å². The largest absolute Gasteiger partial charge is 0.342 e. The first-order valence-corrected chi connectivity index (χ1v) is 11.8. The van der Waals surface area contributed by atoms with Crippen LogP contribution >= 0.6 is 23.1 Å². The number of nitrogens with zero attached hydrogens (tertiary/aromatic N) is 3. The van der Waals surface area contributed by atoms with Gasteiger partial charge in [-0.25, -0.2) is 4.98 Å². The molecule has 150 valence electrons. The Morgan fingerprint density at radius 2 is 2.18 bits per heavy atom. The molecule has 0 unspecified atom stereocenters. The molecular weight excluding hydrogens is 390 g/mol. The molecule has 3 heterocycles. The van der Waals surface area contributed by atoms with Crippen LogP contribution in [0.25, 0.3) is 10.2 Å². The molecule has 0 aromatic carbocycles. The lowest BCUT2D eigenvalue weighted by molar-refractivity contribution is -0.129. The summed E-state index contributed by atoms with van der Waals surface area (Å²) in [5.74, 6) is 0.796. The molecule has 4 rings (SSSR count). The molecule has 2 atom stereocenters. The van der Waals surface area contributed by atoms with Crippen molar-refractivity contribution in [2.24, 2.45) is 5.92 Å². The van der Waals surface area contributed by atoms with E-state index in [0.29, 0.717) is 17.6 Å². The summed E-state index contributed by atoms with van der Waals surface area (Å²) in [7, 11) is 0. The maximum atomic E-state index is 13.3. The maximum Gasteiger partial charge on any atom is 0.263 e. The third kappa shape index (κ3) is 3.54. The van der Waals surface area contributed by atoms with Crippen LogP contribution in [0.2, 0.25) is 0 Å². The molecule has 0 radical (unpaired) electrons. The molecule has 2 aliphatic rings. The zero-order valence-electron chi connectivity index (χ0n) is 16.6. The van der Waals surface area contributed by atoms with Crippen LogP contribution in [0, 0.1) is 5.92 Å². The molecule has 2 aromatic heterocycles. The van der Waals surface area contributed by atoms with Crippen molar-refractivity contribution in [1.29, 1.82) is 0 Å². The van der Waals surface area contributed by atoms with Gasteiger partial charge in [-0.2, -0.15) is 0 Å². The molecule has 5 nitrogen and oxygen atoms in total. The van der Waals surface area contributed by atoms with Crippen molar-refractivity contribution < 1.29 is 4.79 Å². The predicted molar refractivity (Wildman–Crippen MR) is 116 cm³/mol. The van der Waals surface area contributed by atoms with E-state index in [4.69, 9.17) is 4.98 Å². The first-order chi connectivity index (χ1) is 13.5. The van der Waals surface area contributed by atoms with Crippen molar-refractivity contribution in [3.8, 4) is 0 Å². The predicted octanol–water partition coefficient (Wildman–Crippen LogP) is 3.87. The molecule has 0 N–H and O–H groups in total. The smallest absolute Gasteiger partial charge is 0.263 e. The van der Waals surface area contributed by atoms with Gasteiger partial charge in [0.25, 0.3) is 5.56 Å². The second-order valence-corrected chi connectivity index (χ2v) is 10.3. The number of rotatable bonds is 5. The standard InChI is InChI=1S/C21H27N3O2S2/c1-4-9-24-20(26)17-15-8-7-13(2)12-16(15)28-18(17)22-21(24)27-14(3)19(25)23-10-5-6-11-23/h4,13-14H,1,5-12H2,2-3H3/t13-,14+/m0/s1. The third-order valence-corrected chi connectivity index (χ3v) is 7.97. The quantitative estimate of drug-likeness (QED) is 0.421. The number of hydrogen-bond donors (Lipinski definition) is 0. The van der Waals surface area contributed by atoms with E-state index in [1.54, 1.807) is 22.0 Å². The Hall–Kier alpha value is -1.60. The van der Waals surface area contributed by atoms with Crippen LogP contribution in [0.3, 0.4) is 0 Å². The lowest BCUT2D eigenvalue weighted by atomic mass is 9.89. The molecule has 7 heteroatoms. The first-order valence-electron chi connectivity index (χ1n) is 10.1. The Morgan fingerprint density at radius 3 is 2.89 bits per heavy atom. The number of allylic oxidation sites excluding steroid dienone is 1. The molecule has 28 heavy (non-hydrogen) atoms. The highest BCUT2D eigenvalue weighted by Crippen LogP contribution is 2.37. The number of carbonyl (C=O) groups excluding carboxylic acids is 1. The van der Waals surface area contributed by atoms with Crippen molar-refractivity contribution in [2.75, 3.05) is 13.1 Å². The van der Waals surface area contributed by atoms with Gasteiger partial charge in [0.1, 0.15) is 4.83 Å². The Labute approximate surface area is 173 Å². The second kappa shape index (κ2) is 8.03. The Bertz CT molecular complexity index is 972. The fraction of sp³-hybridized carbons (Fsp3) is 0.571. The Balaban J connectivity index is 1.73. The number of amides is 1. The van der Waals surface area contributed by atoms with Gasteiger partial charge in [-0.3, -0.25) is 14.2 Å². The molecule has 1 saturated heterocycles. The topological polar surface area (TPSA) is 55.2 Å². The molecule has 2 aromatic rings. The fourth-order valence-electron chi connectivity index (χ4n) is 4.19. The number of hydrogen-bond acceptors (Lipinski definition) is 5. The highest BCUT2D eigenvalue weighted by atomic mass is 32.2. The molecule has 1 aliphatic heterocycles. The van der Waals surface area contributed by atoms with E-state index in [1.165, 1.54) is 22.2 Å². The van der Waals surface area contributed by atoms with Crippen molar-refractivity contribution in [3.63, 3.8) is 0 Å². The second-order valence-electron chi connectivity index (χ2n) is 7.92. The molecule has 1 fully saturated rings. The summed E-state index contributed by atoms with van der Waals surface area (Å²) in [6.45, 7) is 10.1. The van der Waals surface area contributed by atoms with E-state index >= 15 is 0 Å². The van der Waals surface area contributed by atoms with E-state index in [9.17, 15) is 9.59 Å². The van der Waals surface area contributed by atoms with Gasteiger partial charge in [0.15, 0.2) is 5.16 Å². The van der Waals surface area contributed by atoms with E-state index in [0.717, 1.165) is 55.4 Å². The fourth-order valence-corrected chi connectivity index (χ4v) is 6.61. The van der Waals surface area contributed by atoms with Gasteiger partial charge < -0.3 is 4.90 Å². The molecule has 0 bridgehead atoms. The summed E-state index contributed by atoms with van der Waals surface area (Å²) in [5, 5.41) is 1.16. The molecule has 1 amide bonds. The van der Waals surface area contributed by atoms with Crippen molar-refractivity contribution >= 4 is 39.2 Å². The van der Waals surface area contributed by atoms with Crippen LogP contribution in [-0.2, 0) is 24.2 Å². The molecule has 0 saturated carbocycles. The van der Waals surface area contributed by atoms with Crippen molar-refractivity contribution in [1.82, 2.24) is 14.5 Å². The number of thioether (sulfide) groups is 1. The van der Waals surface area contributed by atoms with Crippen LogP contribution in [-0.4, -0.2) is 38.7 Å². The van der Waals surface area contributed by atoms with Crippen molar-refractivity contribution in [2.45, 2.75) is 62.9 Å². The van der Waals surface area contributed by atoms with E-state index in [1.807, 2.05) is 11.8 Å². The van der Waals surface area contributed by atoms with Gasteiger partial charge in [-0.05, 0) is 50.5 Å². The highest BCUT2D eigenvalue weighted by molar-refractivity contribution is 8.00. The lowest BCUT2D eigenvalue weighted by Crippen LogP contribution is -2.34. The van der Waals surface area contributed by atoms with E-state index in [-0.39, 0.29) is 16.7 Å². The van der Waals surface area contributed by atoms with Crippen LogP contribution in [0.1, 0.15) is 43.6 Å². The van der Waals surface area contributed by atoms with E-state index < -0.39 is 0 Å². The number of thiophene rings is 1. The highest BCUT2D eigenvalue weighted by Gasteiger charge is 2.28. The monoisotopic (exact) mass is 417 g/mol. The average Bonchev–Trinajstić information content (AvgIpc) is 3.31. The van der Waals surface area contributed by atoms with Gasteiger partial charge in [-0.1, -0.05) is 24.8 Å². The van der Waals surface area contributed by atoms with Gasteiger partial charge >= 0.3 is 0 Å². The van der Waals surface area contributed by atoms with E-state index in [2.05, 4.69) is 13.5 Å². The minimum atomic E-state index is -0.256. The van der Waals surface area contributed by atoms with Gasteiger partial charge in [0, 0.05) is 24.5 Å². The minimum Gasteiger partial charge on any atom is -0.342 e. The zero-order chi connectivity index (χ0) is 19.8. The summed E-state index contributed by atoms with van der Waals surface area (Å²) in [5.41, 5.74) is 1.21. The van der Waals surface area contributed by atoms with Crippen LogP contribution < -0.4 is 5.56 Å². The van der Waals surface area contributed by atoms with Gasteiger partial charge in [0.05, 0.1) is 10.6 Å². The van der Waals surface area contributed by atoms with Crippen LogP contribution in [0.4, 0.5) is 0 Å². The Morgan fingerprint density at radius 1 is 1.43 bits per heavy atom. The number of aryl methyl sites for hydroxylation is 1. The van der Waals surface area contributed by atoms with Crippen LogP contribution in [0.15, 0.2) is 22.6 Å². The lowest BCUT2D eigenvalue weighted by Gasteiger charge is -2.20. The van der Waals surface area contributed by atoms with Gasteiger partial charge in [0.2, 0.25) is 5.91 Å². The van der Waals surface area contributed by atoms with Crippen LogP contribution in [0.5, 0.6) is 0 Å². The summed E-state index contributed by atoms with van der Waals surface area (Å²) in [6.07, 6.45) is 6.99. The summed E-state index contributed by atoms with van der Waals surface area (Å²) in [4.78, 5) is 35.0. The first kappa shape index (κ1) is 19.7. The minimum absolute atomic E-state index is 0.0141. The molecule has 0 spiro atoms. The van der Waals surface area contributed by atoms with Gasteiger partial charge in [-0.15, -0.1) is 17.9 Å². The molecular formula is C21H27N3O2S2. The Kier molecular flexibility index (Phi) is 5.65. The summed E-state index contributed by atoms with van der Waals surface area (Å²) >= 11 is 3.06.